The smallest absolute Gasteiger partial charge is 0.341 e. The van der Waals surface area contributed by atoms with E-state index < -0.39 is 0 Å². The lowest BCUT2D eigenvalue weighted by molar-refractivity contribution is -0.138. The van der Waals surface area contributed by atoms with Crippen LogP contribution in [0.4, 0.5) is 0 Å². The van der Waals surface area contributed by atoms with Crippen molar-refractivity contribution in [3.05, 3.63) is 16.8 Å². The van der Waals surface area contributed by atoms with Gasteiger partial charge in [0.05, 0.1) is 12.2 Å². The van der Waals surface area contributed by atoms with Crippen LogP contribution in [0.3, 0.4) is 0 Å². The van der Waals surface area contributed by atoms with E-state index in [2.05, 4.69) is 10.5 Å². The van der Waals surface area contributed by atoms with Crippen LogP contribution in [0.5, 0.6) is 0 Å². The normalized spacial score (nSPS) is 7.90. The van der Waals surface area contributed by atoms with E-state index >= 15 is 0 Å². The molecule has 0 atom stereocenters. The molecular weight excluding hydrogens is 152 g/mol. The van der Waals surface area contributed by atoms with Gasteiger partial charge in [0.25, 0.3) is 0 Å². The molecule has 10 heavy (non-hydrogen) atoms. The minimum atomic E-state index is -0.376. The molecule has 0 aliphatic carbocycles. The number of hydrogen-bond acceptors (Lipinski definition) is 2. The molecule has 3 heteroatoms. The molecule has 0 amide bonds. The van der Waals surface area contributed by atoms with Crippen molar-refractivity contribution in [3.63, 3.8) is 0 Å². The Kier molecular flexibility index (Phi) is 4.73. The monoisotopic (exact) mass is 160 g/mol. The lowest BCUT2D eigenvalue weighted by atomic mass is 10.3. The van der Waals surface area contributed by atoms with Gasteiger partial charge in [0, 0.05) is 5.54 Å². The average molecular weight is 161 g/mol. The quantitative estimate of drug-likeness (QED) is 0.350. The van der Waals surface area contributed by atoms with Crippen LogP contribution in [-0.2, 0) is 9.53 Å². The summed E-state index contributed by atoms with van der Waals surface area (Å²) in [7, 11) is 0. The average Bonchev–Trinajstić information content (AvgIpc) is 1.89. The summed E-state index contributed by atoms with van der Waals surface area (Å²) in [5, 5.41) is 0. The molecule has 0 saturated heterocycles. The minimum Gasteiger partial charge on any atom is -0.462 e. The largest absolute Gasteiger partial charge is 0.462 e. The summed E-state index contributed by atoms with van der Waals surface area (Å²) in [6.07, 6.45) is 0. The second-order valence-corrected chi connectivity index (χ2v) is 1.82. The molecule has 2 nitrogen and oxygen atoms in total. The van der Waals surface area contributed by atoms with Crippen LogP contribution in [0.2, 0.25) is 0 Å². The highest BCUT2D eigenvalue weighted by Crippen LogP contribution is 1.93. The van der Waals surface area contributed by atoms with Crippen LogP contribution in [0.1, 0.15) is 13.8 Å². The lowest BCUT2D eigenvalue weighted by Crippen LogP contribution is -2.03. The molecule has 0 aromatic heterocycles. The predicted octanol–water partition coefficient (Wildman–Crippen LogP) is 1.85. The van der Waals surface area contributed by atoms with Crippen molar-refractivity contribution in [3.8, 4) is 0 Å². The van der Waals surface area contributed by atoms with Crippen molar-refractivity contribution in [2.24, 2.45) is 0 Å². The highest BCUT2D eigenvalue weighted by Gasteiger charge is 2.01. The topological polar surface area (TPSA) is 26.3 Å². The number of carbonyl (C=O) groups is 1. The molecule has 0 saturated carbocycles. The molecule has 0 fully saturated rings. The Morgan fingerprint density at radius 1 is 1.80 bits per heavy atom. The Bertz CT molecular complexity index is 178. The second kappa shape index (κ2) is 5.10. The summed E-state index contributed by atoms with van der Waals surface area (Å²) < 4.78 is 4.64. The maximum atomic E-state index is 10.7. The van der Waals surface area contributed by atoms with E-state index in [1.807, 2.05) is 0 Å². The second-order valence-electron chi connectivity index (χ2n) is 1.60. The Balaban J connectivity index is 4.08. The summed E-state index contributed by atoms with van der Waals surface area (Å²) in [5.74, 6) is -0.376. The van der Waals surface area contributed by atoms with E-state index in [9.17, 15) is 4.79 Å². The minimum absolute atomic E-state index is 0.375. The van der Waals surface area contributed by atoms with Gasteiger partial charge >= 0.3 is 5.97 Å². The standard InChI is InChI=1S/C7H9ClO2/c1-3-10-7(9)6(2)4-5-8/h5H,3H2,1-2H3. The number of carbonyl (C=O) groups excluding carboxylic acids is 1. The third-order valence-electron chi connectivity index (χ3n) is 0.853. The summed E-state index contributed by atoms with van der Waals surface area (Å²) in [6.45, 7) is 3.71. The van der Waals surface area contributed by atoms with Crippen LogP contribution >= 0.6 is 11.6 Å². The number of rotatable bonds is 2. The molecular formula is C7H9ClO2. The number of hydrogen-bond donors (Lipinski definition) is 0. The number of halogens is 1. The summed E-state index contributed by atoms with van der Waals surface area (Å²) >= 11 is 5.18. The highest BCUT2D eigenvalue weighted by molar-refractivity contribution is 6.25. The number of esters is 1. The fourth-order valence-corrected chi connectivity index (χ4v) is 0.544. The fraction of sp³-hybridized carbons (Fsp3) is 0.429. The first-order chi connectivity index (χ1) is 4.72. The van der Waals surface area contributed by atoms with Gasteiger partial charge in [-0.05, 0) is 13.8 Å². The van der Waals surface area contributed by atoms with Crippen molar-refractivity contribution in [2.75, 3.05) is 6.61 Å². The first-order valence-electron chi connectivity index (χ1n) is 2.91. The molecule has 0 N–H and O–H groups in total. The molecule has 0 spiro atoms. The van der Waals surface area contributed by atoms with Crippen LogP contribution in [-0.4, -0.2) is 12.6 Å². The zero-order valence-corrected chi connectivity index (χ0v) is 6.73. The third-order valence-corrected chi connectivity index (χ3v) is 0.962. The molecule has 0 aliphatic rings. The summed E-state index contributed by atoms with van der Waals surface area (Å²) in [4.78, 5) is 10.7. The predicted molar refractivity (Wildman–Crippen MR) is 39.8 cm³/mol. The summed E-state index contributed by atoms with van der Waals surface area (Å²) in [6, 6.07) is 0. The van der Waals surface area contributed by atoms with E-state index in [1.165, 1.54) is 0 Å². The molecule has 0 aliphatic heterocycles. The Morgan fingerprint density at radius 3 is 2.80 bits per heavy atom. The van der Waals surface area contributed by atoms with Gasteiger partial charge in [-0.25, -0.2) is 4.79 Å². The number of ether oxygens (including phenoxy) is 1. The highest BCUT2D eigenvalue weighted by atomic mass is 35.5. The van der Waals surface area contributed by atoms with E-state index in [0.717, 1.165) is 5.54 Å². The van der Waals surface area contributed by atoms with Crippen LogP contribution in [0.25, 0.3) is 0 Å². The van der Waals surface area contributed by atoms with Gasteiger partial charge in [0.15, 0.2) is 0 Å². The molecule has 0 bridgehead atoms. The molecule has 0 aromatic carbocycles. The Hall–Kier alpha value is -0.720. The van der Waals surface area contributed by atoms with E-state index in [4.69, 9.17) is 11.6 Å². The zero-order valence-electron chi connectivity index (χ0n) is 5.98. The Labute approximate surface area is 65.1 Å². The van der Waals surface area contributed by atoms with E-state index in [-0.39, 0.29) is 5.97 Å². The summed E-state index contributed by atoms with van der Waals surface area (Å²) in [5.41, 5.74) is 4.06. The van der Waals surface area contributed by atoms with Gasteiger partial charge in [-0.3, -0.25) is 0 Å². The third kappa shape index (κ3) is 3.33. The molecule has 0 aromatic rings. The van der Waals surface area contributed by atoms with Crippen LogP contribution in [0.15, 0.2) is 16.8 Å². The SMILES string of the molecule is CCOC(=O)C(C)=C=CCl. The van der Waals surface area contributed by atoms with E-state index in [1.54, 1.807) is 13.8 Å². The first kappa shape index (κ1) is 9.28. The maximum Gasteiger partial charge on any atom is 0.341 e. The van der Waals surface area contributed by atoms with Crippen LogP contribution in [0, 0.1) is 0 Å². The van der Waals surface area contributed by atoms with Gasteiger partial charge in [0.1, 0.15) is 0 Å². The van der Waals surface area contributed by atoms with Gasteiger partial charge in [-0.1, -0.05) is 17.3 Å². The van der Waals surface area contributed by atoms with Crippen molar-refractivity contribution < 1.29 is 9.53 Å². The maximum absolute atomic E-state index is 10.7. The van der Waals surface area contributed by atoms with Gasteiger partial charge in [-0.15, -0.1) is 0 Å². The zero-order chi connectivity index (χ0) is 7.98. The molecule has 0 unspecified atom stereocenters. The fourth-order valence-electron chi connectivity index (χ4n) is 0.380. The Morgan fingerprint density at radius 2 is 2.40 bits per heavy atom. The van der Waals surface area contributed by atoms with E-state index in [0.29, 0.717) is 12.2 Å². The first-order valence-corrected chi connectivity index (χ1v) is 3.35. The van der Waals surface area contributed by atoms with Crippen molar-refractivity contribution >= 4 is 17.6 Å². The lowest BCUT2D eigenvalue weighted by Gasteiger charge is -1.96. The van der Waals surface area contributed by atoms with Crippen molar-refractivity contribution in [2.45, 2.75) is 13.8 Å². The molecule has 0 rings (SSSR count). The molecule has 56 valence electrons. The molecule has 0 heterocycles. The van der Waals surface area contributed by atoms with Crippen LogP contribution < -0.4 is 0 Å². The van der Waals surface area contributed by atoms with Gasteiger partial charge in [-0.2, -0.15) is 0 Å². The molecule has 0 radical (unpaired) electrons. The van der Waals surface area contributed by atoms with Crippen molar-refractivity contribution in [1.82, 2.24) is 0 Å². The van der Waals surface area contributed by atoms with Gasteiger partial charge < -0.3 is 4.74 Å². The van der Waals surface area contributed by atoms with Gasteiger partial charge in [0.2, 0.25) is 0 Å². The van der Waals surface area contributed by atoms with Crippen molar-refractivity contribution in [1.29, 1.82) is 0 Å².